The van der Waals surface area contributed by atoms with Gasteiger partial charge in [0.15, 0.2) is 0 Å². The van der Waals surface area contributed by atoms with Crippen LogP contribution in [-0.2, 0) is 11.3 Å². The summed E-state index contributed by atoms with van der Waals surface area (Å²) in [5.41, 5.74) is 9.35. The Morgan fingerprint density at radius 3 is 2.85 bits per heavy atom. The van der Waals surface area contributed by atoms with E-state index in [0.717, 1.165) is 35.6 Å². The van der Waals surface area contributed by atoms with E-state index in [-0.39, 0.29) is 0 Å². The van der Waals surface area contributed by atoms with Gasteiger partial charge in [0, 0.05) is 34.1 Å². The van der Waals surface area contributed by atoms with Crippen LogP contribution in [0.25, 0.3) is 5.70 Å². The minimum Gasteiger partial charge on any atom is -0.405 e. The molecule has 0 amide bonds. The van der Waals surface area contributed by atoms with Crippen molar-refractivity contribution in [3.8, 4) is 0 Å². The molecule has 0 fully saturated rings. The van der Waals surface area contributed by atoms with E-state index in [1.165, 1.54) is 11.1 Å². The molecule has 1 aromatic carbocycles. The molecule has 5 heteroatoms. The van der Waals surface area contributed by atoms with E-state index in [1.54, 1.807) is 11.3 Å². The van der Waals surface area contributed by atoms with Gasteiger partial charge in [-0.05, 0) is 42.3 Å². The number of thiophene rings is 1. The highest BCUT2D eigenvalue weighted by molar-refractivity contribution is 7.09. The van der Waals surface area contributed by atoms with Crippen LogP contribution in [0.2, 0.25) is 0 Å². The van der Waals surface area contributed by atoms with Crippen LogP contribution >= 0.6 is 11.3 Å². The maximum absolute atomic E-state index is 5.70. The molecule has 0 saturated heterocycles. The third-order valence-electron chi connectivity index (χ3n) is 3.63. The topological polar surface area (TPSA) is 59.3 Å². The van der Waals surface area contributed by atoms with Crippen molar-refractivity contribution in [1.29, 1.82) is 0 Å². The summed E-state index contributed by atoms with van der Waals surface area (Å²) in [7, 11) is 0. The second kappa shape index (κ2) is 11.2. The number of hydrogen-bond acceptors (Lipinski definition) is 5. The van der Waals surface area contributed by atoms with Crippen LogP contribution in [0.15, 0.2) is 72.4 Å². The Hall–Kier alpha value is -2.50. The molecule has 138 valence electrons. The zero-order valence-corrected chi connectivity index (χ0v) is 16.0. The Kier molecular flexibility index (Phi) is 8.52. The largest absolute Gasteiger partial charge is 0.405 e. The zero-order valence-electron chi connectivity index (χ0n) is 15.2. The molecule has 26 heavy (non-hydrogen) atoms. The Morgan fingerprint density at radius 1 is 1.27 bits per heavy atom. The van der Waals surface area contributed by atoms with Gasteiger partial charge < -0.3 is 21.1 Å². The summed E-state index contributed by atoms with van der Waals surface area (Å²) in [5, 5.41) is 8.81. The van der Waals surface area contributed by atoms with Gasteiger partial charge in [-0.1, -0.05) is 37.8 Å². The summed E-state index contributed by atoms with van der Waals surface area (Å²) in [6, 6.07) is 12.2. The molecule has 0 bridgehead atoms. The summed E-state index contributed by atoms with van der Waals surface area (Å²) in [5.74, 6) is 0. The monoisotopic (exact) mass is 369 g/mol. The molecule has 1 aromatic heterocycles. The van der Waals surface area contributed by atoms with Gasteiger partial charge in [-0.25, -0.2) is 0 Å². The van der Waals surface area contributed by atoms with E-state index in [0.29, 0.717) is 13.2 Å². The van der Waals surface area contributed by atoms with E-state index in [2.05, 4.69) is 36.3 Å². The molecular weight excluding hydrogens is 342 g/mol. The van der Waals surface area contributed by atoms with Crippen molar-refractivity contribution >= 4 is 22.7 Å². The summed E-state index contributed by atoms with van der Waals surface area (Å²) in [6.45, 7) is 8.35. The maximum Gasteiger partial charge on any atom is 0.0813 e. The molecule has 0 saturated carbocycles. The first kappa shape index (κ1) is 19.8. The quantitative estimate of drug-likeness (QED) is 0.397. The average molecular weight is 370 g/mol. The number of nitrogens with two attached hydrogens (primary N) is 1. The van der Waals surface area contributed by atoms with Crippen LogP contribution in [0.4, 0.5) is 5.69 Å². The number of allylic oxidation sites excluding steroid dienone is 1. The predicted molar refractivity (Wildman–Crippen MR) is 113 cm³/mol. The first-order chi connectivity index (χ1) is 12.7. The summed E-state index contributed by atoms with van der Waals surface area (Å²) >= 11 is 1.69. The number of anilines is 1. The number of para-hydroxylation sites is 1. The highest BCUT2D eigenvalue weighted by Crippen LogP contribution is 2.22. The Balaban J connectivity index is 1.97. The average Bonchev–Trinajstić information content (AvgIpc) is 3.17. The van der Waals surface area contributed by atoms with Crippen LogP contribution in [0.5, 0.6) is 0 Å². The minimum atomic E-state index is 0.494. The van der Waals surface area contributed by atoms with Crippen molar-refractivity contribution in [2.24, 2.45) is 5.73 Å². The fourth-order valence-corrected chi connectivity index (χ4v) is 3.01. The van der Waals surface area contributed by atoms with Crippen molar-refractivity contribution in [1.82, 2.24) is 5.32 Å². The molecule has 1 heterocycles. The van der Waals surface area contributed by atoms with Gasteiger partial charge in [-0.3, -0.25) is 0 Å². The smallest absolute Gasteiger partial charge is 0.0813 e. The molecule has 0 radical (unpaired) electrons. The van der Waals surface area contributed by atoms with E-state index >= 15 is 0 Å². The zero-order chi connectivity index (χ0) is 18.6. The number of rotatable bonds is 11. The van der Waals surface area contributed by atoms with Gasteiger partial charge in [-0.2, -0.15) is 0 Å². The summed E-state index contributed by atoms with van der Waals surface area (Å²) in [6.07, 6.45) is 6.34. The Bertz CT molecular complexity index is 735. The molecule has 0 aliphatic carbocycles. The Morgan fingerprint density at radius 2 is 2.12 bits per heavy atom. The van der Waals surface area contributed by atoms with Crippen molar-refractivity contribution in [2.75, 3.05) is 18.5 Å². The number of benzene rings is 1. The van der Waals surface area contributed by atoms with Crippen LogP contribution in [-0.4, -0.2) is 13.2 Å². The lowest BCUT2D eigenvalue weighted by atomic mass is 10.1. The predicted octanol–water partition coefficient (Wildman–Crippen LogP) is 4.70. The van der Waals surface area contributed by atoms with Crippen LogP contribution in [0.3, 0.4) is 0 Å². The number of ether oxygens (including phenoxy) is 1. The molecule has 0 spiro atoms. The van der Waals surface area contributed by atoms with E-state index in [1.807, 2.05) is 41.8 Å². The van der Waals surface area contributed by atoms with Crippen LogP contribution < -0.4 is 16.4 Å². The molecule has 0 unspecified atom stereocenters. The fraction of sp³-hybridized carbons (Fsp3) is 0.238. The van der Waals surface area contributed by atoms with Gasteiger partial charge >= 0.3 is 0 Å². The second-order valence-corrected chi connectivity index (χ2v) is 6.72. The van der Waals surface area contributed by atoms with Gasteiger partial charge in [0.2, 0.25) is 0 Å². The maximum atomic E-state index is 5.70. The minimum absolute atomic E-state index is 0.494. The van der Waals surface area contributed by atoms with Gasteiger partial charge in [0.1, 0.15) is 0 Å². The van der Waals surface area contributed by atoms with Crippen LogP contribution in [0, 0.1) is 0 Å². The lowest BCUT2D eigenvalue weighted by molar-refractivity contribution is 0.150. The molecule has 0 atom stereocenters. The number of hydrogen-bond donors (Lipinski definition) is 3. The normalized spacial score (nSPS) is 11.7. The third kappa shape index (κ3) is 6.43. The highest BCUT2D eigenvalue weighted by Gasteiger charge is 2.06. The van der Waals surface area contributed by atoms with Crippen molar-refractivity contribution < 1.29 is 4.74 Å². The van der Waals surface area contributed by atoms with Gasteiger partial charge in [-0.15, -0.1) is 11.3 Å². The second-order valence-electron chi connectivity index (χ2n) is 5.69. The lowest BCUT2D eigenvalue weighted by Gasteiger charge is -2.16. The van der Waals surface area contributed by atoms with E-state index < -0.39 is 0 Å². The van der Waals surface area contributed by atoms with Gasteiger partial charge in [0.05, 0.1) is 13.2 Å². The van der Waals surface area contributed by atoms with E-state index in [4.69, 9.17) is 10.5 Å². The lowest BCUT2D eigenvalue weighted by Crippen LogP contribution is -2.13. The highest BCUT2D eigenvalue weighted by atomic mass is 32.1. The van der Waals surface area contributed by atoms with Crippen molar-refractivity contribution in [3.63, 3.8) is 0 Å². The molecular formula is C21H27N3OS. The first-order valence-electron chi connectivity index (χ1n) is 8.72. The third-order valence-corrected chi connectivity index (χ3v) is 4.48. The van der Waals surface area contributed by atoms with Crippen molar-refractivity contribution in [3.05, 3.63) is 82.8 Å². The molecule has 0 aliphatic rings. The molecule has 2 rings (SSSR count). The first-order valence-corrected chi connectivity index (χ1v) is 9.60. The molecule has 0 aliphatic heterocycles. The molecule has 2 aromatic rings. The van der Waals surface area contributed by atoms with E-state index in [9.17, 15) is 0 Å². The Labute approximate surface area is 160 Å². The standard InChI is InChI=1S/C21H27N3OS/c1-3-13-23-21-9-5-4-8-20(21)17(2)24-18(10-12-22)11-14-25-16-19-7-6-15-26-19/h4-12,15,23-24H,2-3,13-14,16,22H2,1H3/b12-10-,18-11+. The summed E-state index contributed by atoms with van der Waals surface area (Å²) in [4.78, 5) is 1.21. The van der Waals surface area contributed by atoms with Gasteiger partial charge in [0.25, 0.3) is 0 Å². The van der Waals surface area contributed by atoms with Crippen molar-refractivity contribution in [2.45, 2.75) is 20.0 Å². The SMILES string of the molecule is C=C(NC(/C=C\N)=C/COCc1cccs1)c1ccccc1NCCC. The molecule has 4 nitrogen and oxygen atoms in total. The van der Waals surface area contributed by atoms with Crippen LogP contribution in [0.1, 0.15) is 23.8 Å². The summed E-state index contributed by atoms with van der Waals surface area (Å²) < 4.78 is 5.70. The fourth-order valence-electron chi connectivity index (χ4n) is 2.37. The number of nitrogens with one attached hydrogen (secondary N) is 2. The molecule has 4 N–H and O–H groups in total.